The molecule has 0 aromatic carbocycles. The molecule has 0 aromatic rings. The van der Waals surface area contributed by atoms with E-state index >= 15 is 0 Å². The van der Waals surface area contributed by atoms with Crippen molar-refractivity contribution in [1.82, 2.24) is 16.0 Å². The van der Waals surface area contributed by atoms with E-state index in [0.29, 0.717) is 6.42 Å². The molecule has 2 amide bonds. The van der Waals surface area contributed by atoms with Gasteiger partial charge in [-0.15, -0.1) is 0 Å². The Morgan fingerprint density at radius 3 is 2.60 bits per heavy atom. The van der Waals surface area contributed by atoms with Gasteiger partial charge in [-0.2, -0.15) is 0 Å². The summed E-state index contributed by atoms with van der Waals surface area (Å²) in [4.78, 5) is 23.9. The molecule has 3 N–H and O–H groups in total. The molecule has 2 atom stereocenters. The summed E-state index contributed by atoms with van der Waals surface area (Å²) in [5, 5.41) is 8.81. The number of amides is 2. The van der Waals surface area contributed by atoms with E-state index in [1.807, 2.05) is 6.92 Å². The molecule has 1 fully saturated rings. The number of ether oxygens (including phenoxy) is 1. The van der Waals surface area contributed by atoms with E-state index in [1.165, 1.54) is 0 Å². The first-order valence-corrected chi connectivity index (χ1v) is 7.32. The fourth-order valence-electron chi connectivity index (χ4n) is 2.09. The lowest BCUT2D eigenvalue weighted by Crippen LogP contribution is -2.50. The zero-order valence-corrected chi connectivity index (χ0v) is 12.9. The fraction of sp³-hybridized carbons (Fsp3) is 0.857. The Morgan fingerprint density at radius 1 is 1.40 bits per heavy atom. The van der Waals surface area contributed by atoms with Gasteiger partial charge in [0.15, 0.2) is 0 Å². The first kappa shape index (κ1) is 16.8. The van der Waals surface area contributed by atoms with E-state index in [0.717, 1.165) is 25.9 Å². The quantitative estimate of drug-likeness (QED) is 0.708. The summed E-state index contributed by atoms with van der Waals surface area (Å²) < 4.78 is 5.19. The molecule has 20 heavy (non-hydrogen) atoms. The molecule has 6 nitrogen and oxygen atoms in total. The Bertz CT molecular complexity index is 333. The van der Waals surface area contributed by atoms with Gasteiger partial charge in [0.05, 0.1) is 0 Å². The normalized spacial score (nSPS) is 20.3. The first-order chi connectivity index (χ1) is 9.31. The summed E-state index contributed by atoms with van der Waals surface area (Å²) >= 11 is 0. The average molecular weight is 285 g/mol. The molecule has 0 aromatic heterocycles. The van der Waals surface area contributed by atoms with Gasteiger partial charge >= 0.3 is 6.09 Å². The topological polar surface area (TPSA) is 79.5 Å². The number of carbonyl (C=O) groups excluding carboxylic acids is 2. The molecule has 2 unspecified atom stereocenters. The van der Waals surface area contributed by atoms with Crippen LogP contribution in [0, 0.1) is 0 Å². The minimum absolute atomic E-state index is 0.133. The van der Waals surface area contributed by atoms with E-state index in [-0.39, 0.29) is 11.9 Å². The number of nitrogens with one attached hydrogen (secondary N) is 3. The highest BCUT2D eigenvalue weighted by Crippen LogP contribution is 2.08. The summed E-state index contributed by atoms with van der Waals surface area (Å²) in [6.07, 6.45) is 1.80. The number of alkyl carbamates (subject to hydrolysis) is 1. The minimum Gasteiger partial charge on any atom is -0.444 e. The van der Waals surface area contributed by atoms with Gasteiger partial charge < -0.3 is 20.7 Å². The predicted molar refractivity (Wildman–Crippen MR) is 77.5 cm³/mol. The summed E-state index contributed by atoms with van der Waals surface area (Å²) in [5.74, 6) is -0.133. The SMILES string of the molecule is CCCC(NC(=O)OC(C)(C)C)C(=O)NC1CCNC1. The third kappa shape index (κ3) is 6.23. The summed E-state index contributed by atoms with van der Waals surface area (Å²) in [7, 11) is 0. The van der Waals surface area contributed by atoms with Crippen molar-refractivity contribution in [2.75, 3.05) is 13.1 Å². The van der Waals surface area contributed by atoms with E-state index in [4.69, 9.17) is 4.74 Å². The second-order valence-electron chi connectivity index (χ2n) is 6.19. The molecule has 1 saturated heterocycles. The van der Waals surface area contributed by atoms with Gasteiger partial charge in [0, 0.05) is 12.6 Å². The van der Waals surface area contributed by atoms with Crippen molar-refractivity contribution in [3.8, 4) is 0 Å². The average Bonchev–Trinajstić information content (AvgIpc) is 2.78. The van der Waals surface area contributed by atoms with Crippen molar-refractivity contribution < 1.29 is 14.3 Å². The van der Waals surface area contributed by atoms with Crippen LogP contribution in [0.15, 0.2) is 0 Å². The fourth-order valence-corrected chi connectivity index (χ4v) is 2.09. The van der Waals surface area contributed by atoms with E-state index < -0.39 is 17.7 Å². The van der Waals surface area contributed by atoms with Crippen LogP contribution < -0.4 is 16.0 Å². The zero-order valence-electron chi connectivity index (χ0n) is 12.9. The lowest BCUT2D eigenvalue weighted by atomic mass is 10.1. The van der Waals surface area contributed by atoms with Crippen LogP contribution in [-0.2, 0) is 9.53 Å². The van der Waals surface area contributed by atoms with Crippen LogP contribution in [0.25, 0.3) is 0 Å². The Balaban J connectivity index is 2.49. The van der Waals surface area contributed by atoms with Crippen molar-refractivity contribution in [2.45, 2.75) is 64.6 Å². The standard InChI is InChI=1S/C14H27N3O3/c1-5-6-11(17-13(19)20-14(2,3)4)12(18)16-10-7-8-15-9-10/h10-11,15H,5-9H2,1-4H3,(H,16,18)(H,17,19). The van der Waals surface area contributed by atoms with Crippen molar-refractivity contribution in [2.24, 2.45) is 0 Å². The molecule has 116 valence electrons. The van der Waals surface area contributed by atoms with E-state index in [2.05, 4.69) is 16.0 Å². The highest BCUT2D eigenvalue weighted by atomic mass is 16.6. The molecular weight excluding hydrogens is 258 g/mol. The van der Waals surface area contributed by atoms with E-state index in [1.54, 1.807) is 20.8 Å². The Kier molecular flexibility index (Phi) is 6.26. The van der Waals surface area contributed by atoms with Crippen molar-refractivity contribution in [3.63, 3.8) is 0 Å². The van der Waals surface area contributed by atoms with Crippen LogP contribution >= 0.6 is 0 Å². The van der Waals surface area contributed by atoms with Crippen LogP contribution in [0.2, 0.25) is 0 Å². The van der Waals surface area contributed by atoms with Gasteiger partial charge in [0.2, 0.25) is 5.91 Å². The summed E-state index contributed by atoms with van der Waals surface area (Å²) in [6, 6.07) is -0.377. The molecule has 1 heterocycles. The molecule has 1 aliphatic rings. The van der Waals surface area contributed by atoms with Crippen LogP contribution in [0.5, 0.6) is 0 Å². The molecule has 0 aliphatic carbocycles. The van der Waals surface area contributed by atoms with Crippen molar-refractivity contribution >= 4 is 12.0 Å². The molecular formula is C14H27N3O3. The molecule has 1 aliphatic heterocycles. The van der Waals surface area contributed by atoms with Crippen molar-refractivity contribution in [3.05, 3.63) is 0 Å². The number of carbonyl (C=O) groups is 2. The van der Waals surface area contributed by atoms with E-state index in [9.17, 15) is 9.59 Å². The minimum atomic E-state index is -0.563. The molecule has 6 heteroatoms. The number of hydrogen-bond acceptors (Lipinski definition) is 4. The van der Waals surface area contributed by atoms with Gasteiger partial charge in [-0.25, -0.2) is 4.79 Å². The monoisotopic (exact) mass is 285 g/mol. The number of rotatable bonds is 5. The molecule has 0 radical (unpaired) electrons. The van der Waals surface area contributed by atoms with Crippen LogP contribution in [0.3, 0.4) is 0 Å². The lowest BCUT2D eigenvalue weighted by molar-refractivity contribution is -0.124. The molecule has 1 rings (SSSR count). The maximum absolute atomic E-state index is 12.2. The second kappa shape index (κ2) is 7.47. The third-order valence-electron chi connectivity index (χ3n) is 2.99. The predicted octanol–water partition coefficient (Wildman–Crippen LogP) is 1.16. The van der Waals surface area contributed by atoms with Gasteiger partial charge in [-0.1, -0.05) is 13.3 Å². The lowest BCUT2D eigenvalue weighted by Gasteiger charge is -2.24. The third-order valence-corrected chi connectivity index (χ3v) is 2.99. The molecule has 0 spiro atoms. The van der Waals surface area contributed by atoms with Gasteiger partial charge in [0.25, 0.3) is 0 Å². The van der Waals surface area contributed by atoms with Gasteiger partial charge in [-0.05, 0) is 40.2 Å². The molecule has 0 saturated carbocycles. The Hall–Kier alpha value is -1.30. The maximum atomic E-state index is 12.2. The highest BCUT2D eigenvalue weighted by molar-refractivity contribution is 5.85. The van der Waals surface area contributed by atoms with Crippen LogP contribution in [0.1, 0.15) is 47.0 Å². The smallest absolute Gasteiger partial charge is 0.408 e. The Labute approximate surface area is 121 Å². The zero-order chi connectivity index (χ0) is 15.2. The first-order valence-electron chi connectivity index (χ1n) is 7.32. The highest BCUT2D eigenvalue weighted by Gasteiger charge is 2.26. The second-order valence-corrected chi connectivity index (χ2v) is 6.19. The van der Waals surface area contributed by atoms with Gasteiger partial charge in [-0.3, -0.25) is 4.79 Å². The van der Waals surface area contributed by atoms with Crippen molar-refractivity contribution in [1.29, 1.82) is 0 Å². The maximum Gasteiger partial charge on any atom is 0.408 e. The summed E-state index contributed by atoms with van der Waals surface area (Å²) in [5.41, 5.74) is -0.563. The van der Waals surface area contributed by atoms with Gasteiger partial charge in [0.1, 0.15) is 11.6 Å². The molecule has 0 bridgehead atoms. The summed E-state index contributed by atoms with van der Waals surface area (Å²) in [6.45, 7) is 9.08. The number of hydrogen-bond donors (Lipinski definition) is 3. The van der Waals surface area contributed by atoms with Crippen LogP contribution in [0.4, 0.5) is 4.79 Å². The largest absolute Gasteiger partial charge is 0.444 e. The van der Waals surface area contributed by atoms with Crippen LogP contribution in [-0.4, -0.2) is 42.8 Å². The Morgan fingerprint density at radius 2 is 2.10 bits per heavy atom.